The molecule has 1 amide bonds. The van der Waals surface area contributed by atoms with E-state index in [2.05, 4.69) is 48.0 Å². The van der Waals surface area contributed by atoms with Crippen molar-refractivity contribution in [2.24, 2.45) is 0 Å². The summed E-state index contributed by atoms with van der Waals surface area (Å²) < 4.78 is 0. The van der Waals surface area contributed by atoms with Gasteiger partial charge in [0.15, 0.2) is 0 Å². The number of aromatic nitrogens is 1. The number of thiazole rings is 1. The van der Waals surface area contributed by atoms with Crippen molar-refractivity contribution < 1.29 is 4.79 Å². The topological polar surface area (TPSA) is 36.4 Å². The number of nitrogens with zero attached hydrogens (tertiary/aromatic N) is 3. The summed E-state index contributed by atoms with van der Waals surface area (Å²) in [5, 5.41) is 2.99. The Morgan fingerprint density at radius 3 is 2.52 bits per heavy atom. The lowest BCUT2D eigenvalue weighted by Crippen LogP contribution is -2.49. The summed E-state index contributed by atoms with van der Waals surface area (Å²) in [6.45, 7) is 9.49. The first-order valence-electron chi connectivity index (χ1n) is 9.16. The largest absolute Gasteiger partial charge is 0.368 e. The van der Waals surface area contributed by atoms with E-state index in [9.17, 15) is 4.79 Å². The number of hydrogen-bond donors (Lipinski definition) is 0. The van der Waals surface area contributed by atoms with Gasteiger partial charge in [0.05, 0.1) is 10.6 Å². The van der Waals surface area contributed by atoms with Gasteiger partial charge in [-0.25, -0.2) is 4.98 Å². The van der Waals surface area contributed by atoms with Crippen LogP contribution in [-0.4, -0.2) is 42.0 Å². The minimum absolute atomic E-state index is 0.119. The fourth-order valence-electron chi connectivity index (χ4n) is 3.47. The van der Waals surface area contributed by atoms with Crippen molar-refractivity contribution in [3.8, 4) is 9.88 Å². The first kappa shape index (κ1) is 18.2. The fraction of sp³-hybridized carbons (Fsp3) is 0.333. The zero-order valence-corrected chi connectivity index (χ0v) is 17.5. The maximum atomic E-state index is 13.0. The summed E-state index contributed by atoms with van der Waals surface area (Å²) in [5.74, 6) is 0.119. The highest BCUT2D eigenvalue weighted by Gasteiger charge is 2.26. The van der Waals surface area contributed by atoms with Crippen molar-refractivity contribution >= 4 is 34.3 Å². The van der Waals surface area contributed by atoms with Crippen LogP contribution in [0.1, 0.15) is 26.5 Å². The van der Waals surface area contributed by atoms with Gasteiger partial charge in [0, 0.05) is 31.9 Å². The number of hydrogen-bond acceptors (Lipinski definition) is 5. The van der Waals surface area contributed by atoms with Crippen LogP contribution in [0.25, 0.3) is 9.88 Å². The standard InChI is InChI=1S/C21H23N3OS2/c1-14-6-4-7-17(15(14)2)23-9-11-24(12-10-23)21(25)19-16(3)22-20(27-19)18-8-5-13-26-18/h4-8,13H,9-12H2,1-3H3. The molecule has 2 aromatic heterocycles. The summed E-state index contributed by atoms with van der Waals surface area (Å²) in [4.78, 5) is 23.9. The van der Waals surface area contributed by atoms with E-state index in [-0.39, 0.29) is 5.91 Å². The molecule has 0 bridgehead atoms. The molecule has 4 nitrogen and oxygen atoms in total. The van der Waals surface area contributed by atoms with Crippen LogP contribution in [0.5, 0.6) is 0 Å². The first-order valence-corrected chi connectivity index (χ1v) is 10.9. The number of anilines is 1. The van der Waals surface area contributed by atoms with E-state index in [0.29, 0.717) is 0 Å². The molecule has 0 atom stereocenters. The van der Waals surface area contributed by atoms with Gasteiger partial charge < -0.3 is 9.80 Å². The Morgan fingerprint density at radius 1 is 1.04 bits per heavy atom. The molecule has 0 saturated carbocycles. The predicted octanol–water partition coefficient (Wildman–Crippen LogP) is 4.76. The van der Waals surface area contributed by atoms with Crippen molar-refractivity contribution in [3.63, 3.8) is 0 Å². The third kappa shape index (κ3) is 3.51. The van der Waals surface area contributed by atoms with Gasteiger partial charge in [0.1, 0.15) is 9.88 Å². The van der Waals surface area contributed by atoms with Crippen LogP contribution >= 0.6 is 22.7 Å². The van der Waals surface area contributed by atoms with Crippen molar-refractivity contribution in [1.82, 2.24) is 9.88 Å². The number of carbonyl (C=O) groups is 1. The Hall–Kier alpha value is -2.18. The van der Waals surface area contributed by atoms with Gasteiger partial charge >= 0.3 is 0 Å². The molecule has 6 heteroatoms. The third-order valence-electron chi connectivity index (χ3n) is 5.21. The molecule has 1 fully saturated rings. The van der Waals surface area contributed by atoms with Gasteiger partial charge in [-0.3, -0.25) is 4.79 Å². The molecule has 3 heterocycles. The van der Waals surface area contributed by atoms with E-state index in [1.807, 2.05) is 23.3 Å². The molecule has 4 rings (SSSR count). The van der Waals surface area contributed by atoms with E-state index in [1.54, 1.807) is 11.3 Å². The highest BCUT2D eigenvalue weighted by molar-refractivity contribution is 7.22. The van der Waals surface area contributed by atoms with Gasteiger partial charge in [-0.1, -0.05) is 18.2 Å². The average molecular weight is 398 g/mol. The van der Waals surface area contributed by atoms with Gasteiger partial charge in [0.2, 0.25) is 0 Å². The Morgan fingerprint density at radius 2 is 1.81 bits per heavy atom. The molecule has 0 radical (unpaired) electrons. The normalized spacial score (nSPS) is 14.6. The van der Waals surface area contributed by atoms with E-state index in [0.717, 1.165) is 46.6 Å². The predicted molar refractivity (Wildman–Crippen MR) is 114 cm³/mol. The lowest BCUT2D eigenvalue weighted by atomic mass is 10.1. The maximum absolute atomic E-state index is 13.0. The highest BCUT2D eigenvalue weighted by atomic mass is 32.1. The van der Waals surface area contributed by atoms with Crippen LogP contribution in [0, 0.1) is 20.8 Å². The van der Waals surface area contributed by atoms with E-state index in [1.165, 1.54) is 28.2 Å². The first-order chi connectivity index (χ1) is 13.0. The van der Waals surface area contributed by atoms with Gasteiger partial charge in [0.25, 0.3) is 5.91 Å². The summed E-state index contributed by atoms with van der Waals surface area (Å²) in [6.07, 6.45) is 0. The number of thiophene rings is 1. The molecule has 140 valence electrons. The average Bonchev–Trinajstić information content (AvgIpc) is 3.33. The van der Waals surface area contributed by atoms with Crippen molar-refractivity contribution in [2.75, 3.05) is 31.1 Å². The van der Waals surface area contributed by atoms with Crippen LogP contribution in [0.3, 0.4) is 0 Å². The molecule has 0 unspecified atom stereocenters. The zero-order valence-electron chi connectivity index (χ0n) is 15.9. The van der Waals surface area contributed by atoms with Crippen LogP contribution in [0.4, 0.5) is 5.69 Å². The number of piperazine rings is 1. The molecule has 1 saturated heterocycles. The van der Waals surface area contributed by atoms with E-state index in [4.69, 9.17) is 0 Å². The smallest absolute Gasteiger partial charge is 0.265 e. The monoisotopic (exact) mass is 397 g/mol. The van der Waals surface area contributed by atoms with Gasteiger partial charge in [-0.05, 0) is 49.4 Å². The molecule has 3 aromatic rings. The second-order valence-electron chi connectivity index (χ2n) is 6.91. The Kier molecular flexibility index (Phi) is 5.02. The van der Waals surface area contributed by atoms with Crippen molar-refractivity contribution in [3.05, 3.63) is 57.4 Å². The van der Waals surface area contributed by atoms with Crippen LogP contribution in [-0.2, 0) is 0 Å². The van der Waals surface area contributed by atoms with Crippen LogP contribution in [0.15, 0.2) is 35.7 Å². The van der Waals surface area contributed by atoms with E-state index < -0.39 is 0 Å². The molecule has 1 aliphatic rings. The molecular formula is C21H23N3OS2. The minimum atomic E-state index is 0.119. The van der Waals surface area contributed by atoms with Crippen LogP contribution in [0.2, 0.25) is 0 Å². The minimum Gasteiger partial charge on any atom is -0.368 e. The molecule has 0 spiro atoms. The highest BCUT2D eigenvalue weighted by Crippen LogP contribution is 2.32. The van der Waals surface area contributed by atoms with Gasteiger partial charge in [-0.15, -0.1) is 22.7 Å². The summed E-state index contributed by atoms with van der Waals surface area (Å²) in [5.41, 5.74) is 4.77. The number of aryl methyl sites for hydroxylation is 2. The van der Waals surface area contributed by atoms with Crippen molar-refractivity contribution in [1.29, 1.82) is 0 Å². The number of amides is 1. The summed E-state index contributed by atoms with van der Waals surface area (Å²) >= 11 is 3.18. The number of benzene rings is 1. The summed E-state index contributed by atoms with van der Waals surface area (Å²) in [6, 6.07) is 10.5. The molecule has 1 aromatic carbocycles. The molecular weight excluding hydrogens is 374 g/mol. The number of carbonyl (C=O) groups excluding carboxylic acids is 1. The quantitative estimate of drug-likeness (QED) is 0.639. The van der Waals surface area contributed by atoms with Crippen molar-refractivity contribution in [2.45, 2.75) is 20.8 Å². The Bertz CT molecular complexity index is 954. The lowest BCUT2D eigenvalue weighted by Gasteiger charge is -2.37. The molecule has 0 aliphatic carbocycles. The van der Waals surface area contributed by atoms with E-state index >= 15 is 0 Å². The van der Waals surface area contributed by atoms with Crippen LogP contribution < -0.4 is 4.90 Å². The fourth-order valence-corrected chi connectivity index (χ4v) is 5.30. The molecule has 1 aliphatic heterocycles. The third-order valence-corrected chi connectivity index (χ3v) is 7.39. The Balaban J connectivity index is 1.47. The van der Waals surface area contributed by atoms with Gasteiger partial charge in [-0.2, -0.15) is 0 Å². The zero-order chi connectivity index (χ0) is 19.0. The lowest BCUT2D eigenvalue weighted by molar-refractivity contribution is 0.0750. The Labute approximate surface area is 168 Å². The maximum Gasteiger partial charge on any atom is 0.265 e. The summed E-state index contributed by atoms with van der Waals surface area (Å²) in [7, 11) is 0. The number of rotatable bonds is 3. The molecule has 0 N–H and O–H groups in total. The SMILES string of the molecule is Cc1cccc(N2CCN(C(=O)c3sc(-c4cccs4)nc3C)CC2)c1C. The molecule has 27 heavy (non-hydrogen) atoms. The second kappa shape index (κ2) is 7.44. The second-order valence-corrected chi connectivity index (χ2v) is 8.86.